The third kappa shape index (κ3) is 5.25. The van der Waals surface area contributed by atoms with Gasteiger partial charge in [0.2, 0.25) is 0 Å². The summed E-state index contributed by atoms with van der Waals surface area (Å²) in [7, 11) is 3.51. The van der Waals surface area contributed by atoms with Crippen molar-refractivity contribution in [3.8, 4) is 21.8 Å². The molecule has 4 aromatic heterocycles. The monoisotopic (exact) mass is 505 g/mol. The fourth-order valence-electron chi connectivity index (χ4n) is 4.57. The zero-order valence-corrected chi connectivity index (χ0v) is 21.6. The number of anilines is 1. The van der Waals surface area contributed by atoms with Crippen molar-refractivity contribution < 1.29 is 9.53 Å². The van der Waals surface area contributed by atoms with Gasteiger partial charge in [-0.25, -0.2) is 14.5 Å². The molecule has 5 heterocycles. The van der Waals surface area contributed by atoms with Crippen LogP contribution in [0.5, 0.6) is 0 Å². The molecule has 1 aliphatic heterocycles. The number of carbonyl (C=O) groups is 1. The lowest BCUT2D eigenvalue weighted by Gasteiger charge is -2.22. The second-order valence-electron chi connectivity index (χ2n) is 9.19. The predicted octanol–water partition coefficient (Wildman–Crippen LogP) is 3.79. The van der Waals surface area contributed by atoms with E-state index in [9.17, 15) is 4.79 Å². The van der Waals surface area contributed by atoms with E-state index >= 15 is 0 Å². The molecular weight excluding hydrogens is 474 g/mol. The number of carbonyl (C=O) groups excluding carboxylic acids is 1. The number of methoxy groups -OCH3 is 1. The second kappa shape index (κ2) is 10.7. The molecule has 2 unspecified atom stereocenters. The van der Waals surface area contributed by atoms with Crippen molar-refractivity contribution >= 4 is 28.7 Å². The van der Waals surface area contributed by atoms with Crippen molar-refractivity contribution in [3.05, 3.63) is 53.7 Å². The predicted molar refractivity (Wildman–Crippen MR) is 142 cm³/mol. The minimum Gasteiger partial charge on any atom is -0.383 e. The Labute approximate surface area is 214 Å². The van der Waals surface area contributed by atoms with Crippen LogP contribution in [-0.2, 0) is 4.74 Å². The van der Waals surface area contributed by atoms with E-state index < -0.39 is 0 Å². The zero-order chi connectivity index (χ0) is 25.1. The number of likely N-dealkylation sites (N-methyl/N-ethyl adjacent to an activating group) is 1. The molecule has 0 aromatic carbocycles. The Morgan fingerprint density at radius 1 is 1.28 bits per heavy atom. The van der Waals surface area contributed by atoms with Gasteiger partial charge in [-0.3, -0.25) is 4.79 Å². The van der Waals surface area contributed by atoms with Gasteiger partial charge in [-0.1, -0.05) is 6.07 Å². The Balaban J connectivity index is 1.49. The summed E-state index contributed by atoms with van der Waals surface area (Å²) in [6.45, 7) is 3.96. The van der Waals surface area contributed by atoms with E-state index in [0.29, 0.717) is 54.5 Å². The normalized spacial score (nSPS) is 17.5. The highest BCUT2D eigenvalue weighted by atomic mass is 32.1. The summed E-state index contributed by atoms with van der Waals surface area (Å²) in [6.07, 6.45) is 5.86. The number of rotatable bonds is 9. The summed E-state index contributed by atoms with van der Waals surface area (Å²) >= 11 is 1.64. The van der Waals surface area contributed by atoms with Gasteiger partial charge >= 0.3 is 0 Å². The number of thiophene rings is 1. The first-order valence-electron chi connectivity index (χ1n) is 12.2. The van der Waals surface area contributed by atoms with Gasteiger partial charge in [-0.15, -0.1) is 11.3 Å². The number of fused-ring (bicyclic) bond motifs is 1. The SMILES string of the molecule is COCCNc1cc(C(=O)N(C)CC2CCC(C)N2)cc(-c2cnn3ccc(-c4cccs4)nc23)n1. The molecule has 0 bridgehead atoms. The highest BCUT2D eigenvalue weighted by molar-refractivity contribution is 7.13. The third-order valence-corrected chi connectivity index (χ3v) is 7.30. The molecule has 1 amide bonds. The van der Waals surface area contributed by atoms with E-state index in [0.717, 1.165) is 29.0 Å². The average molecular weight is 506 g/mol. The Morgan fingerprint density at radius 3 is 2.92 bits per heavy atom. The van der Waals surface area contributed by atoms with E-state index in [2.05, 4.69) is 22.7 Å². The number of nitrogens with one attached hydrogen (secondary N) is 2. The maximum Gasteiger partial charge on any atom is 0.253 e. The van der Waals surface area contributed by atoms with Gasteiger partial charge in [-0.05, 0) is 49.4 Å². The maximum absolute atomic E-state index is 13.5. The summed E-state index contributed by atoms with van der Waals surface area (Å²) in [5, 5.41) is 13.3. The van der Waals surface area contributed by atoms with Gasteiger partial charge in [0.15, 0.2) is 5.65 Å². The Bertz CT molecular complexity index is 1340. The molecule has 2 N–H and O–H groups in total. The maximum atomic E-state index is 13.5. The van der Waals surface area contributed by atoms with Crippen LogP contribution in [-0.4, -0.2) is 76.3 Å². The van der Waals surface area contributed by atoms with Crippen molar-refractivity contribution in [1.29, 1.82) is 0 Å². The van der Waals surface area contributed by atoms with Crippen LogP contribution in [0.15, 0.2) is 48.1 Å². The first kappa shape index (κ1) is 24.4. The quantitative estimate of drug-likeness (QED) is 0.334. The lowest BCUT2D eigenvalue weighted by atomic mass is 10.1. The lowest BCUT2D eigenvalue weighted by Crippen LogP contribution is -2.40. The fourth-order valence-corrected chi connectivity index (χ4v) is 5.27. The second-order valence-corrected chi connectivity index (χ2v) is 10.1. The Kier molecular flexibility index (Phi) is 7.26. The molecule has 1 saturated heterocycles. The van der Waals surface area contributed by atoms with Crippen LogP contribution in [0.3, 0.4) is 0 Å². The van der Waals surface area contributed by atoms with Gasteiger partial charge in [0.05, 0.1) is 34.6 Å². The number of hydrogen-bond donors (Lipinski definition) is 2. The Hall–Kier alpha value is -3.34. The van der Waals surface area contributed by atoms with Crippen LogP contribution in [0.1, 0.15) is 30.1 Å². The standard InChI is InChI=1S/C26H31N7O2S/c1-17-6-7-19(29-17)16-32(2)26(34)18-13-22(30-24(14-18)27-9-11-35-3)20-15-28-33-10-8-21(31-25(20)33)23-5-4-12-36-23/h4-5,8,10,12-15,17,19,29H,6-7,9,11,16H2,1-3H3,(H,27,30). The van der Waals surface area contributed by atoms with Gasteiger partial charge < -0.3 is 20.3 Å². The summed E-state index contributed by atoms with van der Waals surface area (Å²) in [4.78, 5) is 26.0. The molecule has 36 heavy (non-hydrogen) atoms. The van der Waals surface area contributed by atoms with Crippen LogP contribution >= 0.6 is 11.3 Å². The molecule has 1 fully saturated rings. The van der Waals surface area contributed by atoms with Crippen LogP contribution in [0.2, 0.25) is 0 Å². The molecule has 0 saturated carbocycles. The first-order chi connectivity index (χ1) is 17.5. The largest absolute Gasteiger partial charge is 0.383 e. The van der Waals surface area contributed by atoms with Gasteiger partial charge in [0.1, 0.15) is 5.82 Å². The molecular formula is C26H31N7O2S. The van der Waals surface area contributed by atoms with E-state index in [4.69, 9.17) is 14.7 Å². The highest BCUT2D eigenvalue weighted by Crippen LogP contribution is 2.28. The Morgan fingerprint density at radius 2 is 2.17 bits per heavy atom. The number of ether oxygens (including phenoxy) is 1. The minimum atomic E-state index is -0.0431. The summed E-state index contributed by atoms with van der Waals surface area (Å²) in [5.41, 5.74) is 3.56. The zero-order valence-electron chi connectivity index (χ0n) is 20.8. The number of hydrogen-bond acceptors (Lipinski definition) is 8. The minimum absolute atomic E-state index is 0.0431. The van der Waals surface area contributed by atoms with Crippen molar-refractivity contribution in [2.45, 2.75) is 31.8 Å². The summed E-state index contributed by atoms with van der Waals surface area (Å²) < 4.78 is 6.91. The van der Waals surface area contributed by atoms with E-state index in [1.165, 1.54) is 0 Å². The molecule has 9 nitrogen and oxygen atoms in total. The first-order valence-corrected chi connectivity index (χ1v) is 13.0. The summed E-state index contributed by atoms with van der Waals surface area (Å²) in [5.74, 6) is 0.571. The smallest absolute Gasteiger partial charge is 0.253 e. The van der Waals surface area contributed by atoms with Crippen LogP contribution < -0.4 is 10.6 Å². The molecule has 0 aliphatic carbocycles. The van der Waals surface area contributed by atoms with Crippen molar-refractivity contribution in [3.63, 3.8) is 0 Å². The van der Waals surface area contributed by atoms with Gasteiger partial charge in [0.25, 0.3) is 5.91 Å². The van der Waals surface area contributed by atoms with E-state index in [-0.39, 0.29) is 5.91 Å². The molecule has 188 valence electrons. The molecule has 1 aliphatic rings. The number of aromatic nitrogens is 4. The topological polar surface area (TPSA) is 96.7 Å². The highest BCUT2D eigenvalue weighted by Gasteiger charge is 2.24. The fraction of sp³-hybridized carbons (Fsp3) is 0.385. The molecule has 0 spiro atoms. The average Bonchev–Trinajstić information content (AvgIpc) is 3.64. The molecule has 0 radical (unpaired) electrons. The van der Waals surface area contributed by atoms with Crippen LogP contribution in [0, 0.1) is 0 Å². The number of nitrogens with zero attached hydrogens (tertiary/aromatic N) is 5. The van der Waals surface area contributed by atoms with Gasteiger partial charge in [0, 0.05) is 51.1 Å². The molecule has 10 heteroatoms. The van der Waals surface area contributed by atoms with Crippen LogP contribution in [0.25, 0.3) is 27.5 Å². The van der Waals surface area contributed by atoms with E-state index in [1.54, 1.807) is 40.1 Å². The lowest BCUT2D eigenvalue weighted by molar-refractivity contribution is 0.0783. The molecule has 5 rings (SSSR count). The number of amides is 1. The van der Waals surface area contributed by atoms with E-state index in [1.807, 2.05) is 42.9 Å². The van der Waals surface area contributed by atoms with Crippen molar-refractivity contribution in [1.82, 2.24) is 29.8 Å². The van der Waals surface area contributed by atoms with Crippen molar-refractivity contribution in [2.24, 2.45) is 0 Å². The van der Waals surface area contributed by atoms with Crippen molar-refractivity contribution in [2.75, 3.05) is 39.2 Å². The molecule has 4 aromatic rings. The number of pyridine rings is 1. The van der Waals surface area contributed by atoms with Crippen LogP contribution in [0.4, 0.5) is 5.82 Å². The molecule has 2 atom stereocenters. The third-order valence-electron chi connectivity index (χ3n) is 6.41. The van der Waals surface area contributed by atoms with Gasteiger partial charge in [-0.2, -0.15) is 5.10 Å². The summed E-state index contributed by atoms with van der Waals surface area (Å²) in [6, 6.07) is 10.5.